The second-order valence-corrected chi connectivity index (χ2v) is 7.86. The highest BCUT2D eigenvalue weighted by Crippen LogP contribution is 2.24. The summed E-state index contributed by atoms with van der Waals surface area (Å²) >= 11 is 3.33. The third kappa shape index (κ3) is 3.86. The quantitative estimate of drug-likeness (QED) is 0.852. The molecule has 0 saturated heterocycles. The SMILES string of the molecule is Cc1ccc(C(C)C)cc1S(=O)(=O)Nc1ccc(Br)cc1. The highest BCUT2D eigenvalue weighted by molar-refractivity contribution is 9.10. The lowest BCUT2D eigenvalue weighted by Crippen LogP contribution is -2.14. The minimum absolute atomic E-state index is 0.284. The van der Waals surface area contributed by atoms with Crippen LogP contribution in [-0.4, -0.2) is 8.42 Å². The maximum absolute atomic E-state index is 12.6. The van der Waals surface area contributed by atoms with Crippen molar-refractivity contribution in [3.05, 3.63) is 58.1 Å². The van der Waals surface area contributed by atoms with E-state index < -0.39 is 10.0 Å². The summed E-state index contributed by atoms with van der Waals surface area (Å²) in [4.78, 5) is 0.330. The van der Waals surface area contributed by atoms with Gasteiger partial charge in [-0.2, -0.15) is 0 Å². The normalized spacial score (nSPS) is 11.7. The molecule has 0 amide bonds. The molecule has 112 valence electrons. The molecular weight excluding hydrogens is 350 g/mol. The molecule has 0 aliphatic heterocycles. The maximum atomic E-state index is 12.6. The average molecular weight is 368 g/mol. The highest BCUT2D eigenvalue weighted by atomic mass is 79.9. The van der Waals surface area contributed by atoms with Crippen LogP contribution in [0, 0.1) is 6.92 Å². The Kier molecular flexibility index (Phi) is 4.74. The fourth-order valence-corrected chi connectivity index (χ4v) is 3.60. The summed E-state index contributed by atoms with van der Waals surface area (Å²) < 4.78 is 28.6. The Morgan fingerprint density at radius 2 is 1.67 bits per heavy atom. The third-order valence-corrected chi connectivity index (χ3v) is 5.32. The Bertz CT molecular complexity index is 737. The number of benzene rings is 2. The molecule has 0 spiro atoms. The number of aryl methyl sites for hydroxylation is 1. The zero-order valence-electron chi connectivity index (χ0n) is 12.2. The number of hydrogen-bond donors (Lipinski definition) is 1. The molecule has 0 aliphatic carbocycles. The number of rotatable bonds is 4. The van der Waals surface area contributed by atoms with Gasteiger partial charge in [-0.15, -0.1) is 0 Å². The highest BCUT2D eigenvalue weighted by Gasteiger charge is 2.18. The van der Waals surface area contributed by atoms with Gasteiger partial charge in [-0.3, -0.25) is 4.72 Å². The monoisotopic (exact) mass is 367 g/mol. The zero-order valence-corrected chi connectivity index (χ0v) is 14.6. The van der Waals surface area contributed by atoms with Crippen LogP contribution >= 0.6 is 15.9 Å². The molecule has 5 heteroatoms. The Balaban J connectivity index is 2.39. The molecule has 0 heterocycles. The molecule has 0 fully saturated rings. The van der Waals surface area contributed by atoms with E-state index in [1.54, 1.807) is 37.3 Å². The van der Waals surface area contributed by atoms with Crippen LogP contribution in [0.25, 0.3) is 0 Å². The average Bonchev–Trinajstić information content (AvgIpc) is 2.41. The van der Waals surface area contributed by atoms with E-state index in [1.807, 2.05) is 26.0 Å². The van der Waals surface area contributed by atoms with E-state index in [0.29, 0.717) is 10.6 Å². The molecule has 2 aromatic rings. The zero-order chi connectivity index (χ0) is 15.6. The van der Waals surface area contributed by atoms with Crippen LogP contribution in [0.15, 0.2) is 51.8 Å². The Hall–Kier alpha value is -1.33. The molecule has 2 rings (SSSR count). The predicted molar refractivity (Wildman–Crippen MR) is 90.2 cm³/mol. The van der Waals surface area contributed by atoms with Crippen molar-refractivity contribution in [1.82, 2.24) is 0 Å². The van der Waals surface area contributed by atoms with Crippen molar-refractivity contribution in [1.29, 1.82) is 0 Å². The predicted octanol–water partition coefficient (Wildman–Crippen LogP) is 4.68. The molecule has 0 unspecified atom stereocenters. The smallest absolute Gasteiger partial charge is 0.262 e. The van der Waals surface area contributed by atoms with Gasteiger partial charge in [0.05, 0.1) is 4.90 Å². The third-order valence-electron chi connectivity index (χ3n) is 3.26. The van der Waals surface area contributed by atoms with E-state index in [2.05, 4.69) is 20.7 Å². The van der Waals surface area contributed by atoms with Crippen LogP contribution in [0.1, 0.15) is 30.9 Å². The van der Waals surface area contributed by atoms with Gasteiger partial charge in [-0.05, 0) is 54.3 Å². The number of sulfonamides is 1. The molecule has 1 N–H and O–H groups in total. The summed E-state index contributed by atoms with van der Waals surface area (Å²) in [5.41, 5.74) is 2.30. The van der Waals surface area contributed by atoms with Crippen molar-refractivity contribution in [3.8, 4) is 0 Å². The van der Waals surface area contributed by atoms with Gasteiger partial charge in [0.1, 0.15) is 0 Å². The summed E-state index contributed by atoms with van der Waals surface area (Å²) in [7, 11) is -3.58. The van der Waals surface area contributed by atoms with E-state index in [9.17, 15) is 8.42 Å². The number of hydrogen-bond acceptors (Lipinski definition) is 2. The molecule has 0 aromatic heterocycles. The molecule has 3 nitrogen and oxygen atoms in total. The lowest BCUT2D eigenvalue weighted by Gasteiger charge is -2.13. The van der Waals surface area contributed by atoms with Crippen molar-refractivity contribution in [2.45, 2.75) is 31.6 Å². The molecule has 0 bridgehead atoms. The van der Waals surface area contributed by atoms with Crippen molar-refractivity contribution < 1.29 is 8.42 Å². The van der Waals surface area contributed by atoms with Crippen molar-refractivity contribution in [2.75, 3.05) is 4.72 Å². The Morgan fingerprint density at radius 1 is 1.05 bits per heavy atom. The molecule has 0 radical (unpaired) electrons. The van der Waals surface area contributed by atoms with Gasteiger partial charge in [0.2, 0.25) is 0 Å². The van der Waals surface area contributed by atoms with Crippen LogP contribution in [0.5, 0.6) is 0 Å². The van der Waals surface area contributed by atoms with E-state index in [1.165, 1.54) is 0 Å². The van der Waals surface area contributed by atoms with Crippen LogP contribution in [0.2, 0.25) is 0 Å². The van der Waals surface area contributed by atoms with E-state index in [-0.39, 0.29) is 5.92 Å². The van der Waals surface area contributed by atoms with E-state index in [4.69, 9.17) is 0 Å². The van der Waals surface area contributed by atoms with Crippen LogP contribution in [-0.2, 0) is 10.0 Å². The summed E-state index contributed by atoms with van der Waals surface area (Å²) in [5.74, 6) is 0.284. The van der Waals surface area contributed by atoms with Gasteiger partial charge >= 0.3 is 0 Å². The van der Waals surface area contributed by atoms with Gasteiger partial charge in [-0.25, -0.2) is 8.42 Å². The maximum Gasteiger partial charge on any atom is 0.262 e. The molecule has 0 atom stereocenters. The second-order valence-electron chi connectivity index (χ2n) is 5.29. The molecular formula is C16H18BrNO2S. The van der Waals surface area contributed by atoms with Crippen LogP contribution in [0.3, 0.4) is 0 Å². The van der Waals surface area contributed by atoms with Crippen LogP contribution in [0.4, 0.5) is 5.69 Å². The largest absolute Gasteiger partial charge is 0.280 e. The standard InChI is InChI=1S/C16H18BrNO2S/c1-11(2)13-5-4-12(3)16(10-13)21(19,20)18-15-8-6-14(17)7-9-15/h4-11,18H,1-3H3. The summed E-state index contributed by atoms with van der Waals surface area (Å²) in [6.45, 7) is 5.90. The molecule has 21 heavy (non-hydrogen) atoms. The topological polar surface area (TPSA) is 46.2 Å². The van der Waals surface area contributed by atoms with Crippen LogP contribution < -0.4 is 4.72 Å². The van der Waals surface area contributed by atoms with Gasteiger partial charge in [0.15, 0.2) is 0 Å². The minimum atomic E-state index is -3.58. The van der Waals surface area contributed by atoms with Gasteiger partial charge in [0.25, 0.3) is 10.0 Å². The Morgan fingerprint density at radius 3 is 2.24 bits per heavy atom. The van der Waals surface area contributed by atoms with Crippen molar-refractivity contribution >= 4 is 31.6 Å². The lowest BCUT2D eigenvalue weighted by molar-refractivity contribution is 0.600. The number of nitrogens with one attached hydrogen (secondary N) is 1. The first-order valence-corrected chi connectivity index (χ1v) is 8.96. The first-order valence-electron chi connectivity index (χ1n) is 6.68. The molecule has 0 saturated carbocycles. The number of anilines is 1. The first-order chi connectivity index (χ1) is 9.79. The van der Waals surface area contributed by atoms with Crippen molar-refractivity contribution in [3.63, 3.8) is 0 Å². The summed E-state index contributed by atoms with van der Waals surface area (Å²) in [6.07, 6.45) is 0. The fourth-order valence-electron chi connectivity index (χ4n) is 1.99. The second kappa shape index (κ2) is 6.20. The van der Waals surface area contributed by atoms with E-state index in [0.717, 1.165) is 15.6 Å². The van der Waals surface area contributed by atoms with Gasteiger partial charge in [0, 0.05) is 10.2 Å². The van der Waals surface area contributed by atoms with Gasteiger partial charge < -0.3 is 0 Å². The first kappa shape index (κ1) is 16.0. The Labute approximate surface area is 134 Å². The lowest BCUT2D eigenvalue weighted by atomic mass is 10.0. The van der Waals surface area contributed by atoms with E-state index >= 15 is 0 Å². The molecule has 2 aromatic carbocycles. The minimum Gasteiger partial charge on any atom is -0.280 e. The fraction of sp³-hybridized carbons (Fsp3) is 0.250. The van der Waals surface area contributed by atoms with Gasteiger partial charge in [-0.1, -0.05) is 41.9 Å². The molecule has 0 aliphatic rings. The summed E-state index contributed by atoms with van der Waals surface area (Å²) in [5, 5.41) is 0. The summed E-state index contributed by atoms with van der Waals surface area (Å²) in [6, 6.07) is 12.6. The van der Waals surface area contributed by atoms with Crippen molar-refractivity contribution in [2.24, 2.45) is 0 Å². The number of halogens is 1.